The fourth-order valence-corrected chi connectivity index (χ4v) is 3.18. The number of esters is 1. The van der Waals surface area contributed by atoms with Crippen molar-refractivity contribution in [2.75, 3.05) is 0 Å². The lowest BCUT2D eigenvalue weighted by molar-refractivity contribution is 0.0467. The molecule has 0 saturated carbocycles. The maximum atomic E-state index is 12.4. The van der Waals surface area contributed by atoms with Crippen LogP contribution in [0.3, 0.4) is 0 Å². The molecule has 0 fully saturated rings. The van der Waals surface area contributed by atoms with Gasteiger partial charge in [-0.1, -0.05) is 6.07 Å². The van der Waals surface area contributed by atoms with Crippen molar-refractivity contribution in [3.63, 3.8) is 0 Å². The molecule has 146 valence electrons. The number of benzene rings is 1. The van der Waals surface area contributed by atoms with Crippen LogP contribution < -0.4 is 5.56 Å². The fraction of sp³-hybridized carbons (Fsp3) is 0.182. The molecule has 0 radical (unpaired) electrons. The average molecular weight is 388 g/mol. The molecule has 4 aromatic rings. The third-order valence-electron chi connectivity index (χ3n) is 4.57. The van der Waals surface area contributed by atoms with Crippen molar-refractivity contribution in [1.82, 2.24) is 19.2 Å². The number of nitrogens with zero attached hydrogens (tertiary/aromatic N) is 4. The summed E-state index contributed by atoms with van der Waals surface area (Å²) in [7, 11) is 0. The number of rotatable bonds is 4. The van der Waals surface area contributed by atoms with Gasteiger partial charge in [0.15, 0.2) is 0 Å². The minimum atomic E-state index is -0.476. The Morgan fingerprint density at radius 1 is 1.03 bits per heavy atom. The van der Waals surface area contributed by atoms with Crippen molar-refractivity contribution in [3.8, 4) is 5.69 Å². The van der Waals surface area contributed by atoms with Crippen LogP contribution in [0.2, 0.25) is 0 Å². The van der Waals surface area contributed by atoms with Crippen LogP contribution in [0.5, 0.6) is 0 Å². The third-order valence-corrected chi connectivity index (χ3v) is 4.57. The summed E-state index contributed by atoms with van der Waals surface area (Å²) in [4.78, 5) is 29.0. The Bertz CT molecular complexity index is 1270. The molecule has 7 nitrogen and oxygen atoms in total. The molecule has 1 aromatic carbocycles. The van der Waals surface area contributed by atoms with E-state index in [1.165, 1.54) is 10.5 Å². The predicted octanol–water partition coefficient (Wildman–Crippen LogP) is 3.16. The molecule has 7 heteroatoms. The summed E-state index contributed by atoms with van der Waals surface area (Å²) >= 11 is 0. The maximum Gasteiger partial charge on any atom is 0.338 e. The van der Waals surface area contributed by atoms with Crippen molar-refractivity contribution in [3.05, 3.63) is 93.3 Å². The van der Waals surface area contributed by atoms with Crippen LogP contribution >= 0.6 is 0 Å². The van der Waals surface area contributed by atoms with Gasteiger partial charge in [-0.25, -0.2) is 14.5 Å². The van der Waals surface area contributed by atoms with E-state index in [4.69, 9.17) is 4.74 Å². The molecule has 0 unspecified atom stereocenters. The van der Waals surface area contributed by atoms with E-state index in [0.29, 0.717) is 16.9 Å². The number of hydrogen-bond acceptors (Lipinski definition) is 5. The van der Waals surface area contributed by atoms with Crippen molar-refractivity contribution in [1.29, 1.82) is 0 Å². The molecule has 0 aliphatic heterocycles. The molecule has 0 bridgehead atoms. The molecule has 3 heterocycles. The molecule has 0 aliphatic rings. The number of carbonyl (C=O) groups excluding carboxylic acids is 1. The van der Waals surface area contributed by atoms with E-state index < -0.39 is 5.97 Å². The van der Waals surface area contributed by atoms with Crippen molar-refractivity contribution in [2.45, 2.75) is 27.4 Å². The van der Waals surface area contributed by atoms with E-state index in [2.05, 4.69) is 10.1 Å². The van der Waals surface area contributed by atoms with Crippen LogP contribution in [-0.4, -0.2) is 25.1 Å². The quantitative estimate of drug-likeness (QED) is 0.502. The molecular formula is C22H20N4O3. The SMILES string of the molecule is Cc1ccc2nc(COC(=O)c3ccc(-n4nc(C)cc4C)cc3)cc(=O)n2c1. The van der Waals surface area contributed by atoms with Gasteiger partial charge >= 0.3 is 5.97 Å². The lowest BCUT2D eigenvalue weighted by Gasteiger charge is -2.08. The lowest BCUT2D eigenvalue weighted by Crippen LogP contribution is -2.17. The normalized spacial score (nSPS) is 11.0. The van der Waals surface area contributed by atoms with E-state index in [1.807, 2.05) is 49.7 Å². The van der Waals surface area contributed by atoms with E-state index in [0.717, 1.165) is 22.6 Å². The predicted molar refractivity (Wildman–Crippen MR) is 108 cm³/mol. The Labute approximate surface area is 167 Å². The van der Waals surface area contributed by atoms with Gasteiger partial charge in [0.1, 0.15) is 12.3 Å². The molecule has 0 spiro atoms. The highest BCUT2D eigenvalue weighted by Gasteiger charge is 2.11. The van der Waals surface area contributed by atoms with Crippen molar-refractivity contribution in [2.24, 2.45) is 0 Å². The molecule has 29 heavy (non-hydrogen) atoms. The van der Waals surface area contributed by atoms with Gasteiger partial charge in [-0.05, 0) is 62.7 Å². The lowest BCUT2D eigenvalue weighted by atomic mass is 10.2. The Hall–Kier alpha value is -3.74. The van der Waals surface area contributed by atoms with Gasteiger partial charge in [0.25, 0.3) is 5.56 Å². The van der Waals surface area contributed by atoms with Gasteiger partial charge in [-0.2, -0.15) is 5.10 Å². The molecule has 3 aromatic heterocycles. The number of aromatic nitrogens is 4. The Morgan fingerprint density at radius 3 is 2.48 bits per heavy atom. The van der Waals surface area contributed by atoms with Crippen LogP contribution in [0.4, 0.5) is 0 Å². The fourth-order valence-electron chi connectivity index (χ4n) is 3.18. The smallest absolute Gasteiger partial charge is 0.338 e. The summed E-state index contributed by atoms with van der Waals surface area (Å²) in [5.41, 5.74) is 4.91. The molecule has 0 atom stereocenters. The van der Waals surface area contributed by atoms with Crippen molar-refractivity contribution >= 4 is 11.6 Å². The number of aryl methyl sites for hydroxylation is 3. The van der Waals surface area contributed by atoms with Crippen molar-refractivity contribution < 1.29 is 9.53 Å². The summed E-state index contributed by atoms with van der Waals surface area (Å²) in [6.45, 7) is 5.74. The first-order chi connectivity index (χ1) is 13.9. The molecular weight excluding hydrogens is 368 g/mol. The number of hydrogen-bond donors (Lipinski definition) is 0. The van der Waals surface area contributed by atoms with Crippen LogP contribution in [0, 0.1) is 20.8 Å². The average Bonchev–Trinajstić information content (AvgIpc) is 3.05. The Kier molecular flexibility index (Phi) is 4.72. The van der Waals surface area contributed by atoms with E-state index in [-0.39, 0.29) is 12.2 Å². The molecule has 0 amide bonds. The van der Waals surface area contributed by atoms with Gasteiger partial charge in [-0.15, -0.1) is 0 Å². The van der Waals surface area contributed by atoms with Gasteiger partial charge in [0.2, 0.25) is 0 Å². The first-order valence-corrected chi connectivity index (χ1v) is 9.20. The zero-order chi connectivity index (χ0) is 20.5. The Balaban J connectivity index is 1.48. The number of pyridine rings is 1. The van der Waals surface area contributed by atoms with Crippen LogP contribution in [0.1, 0.15) is 33.0 Å². The van der Waals surface area contributed by atoms with Gasteiger partial charge in [0.05, 0.1) is 22.6 Å². The number of fused-ring (bicyclic) bond motifs is 1. The maximum absolute atomic E-state index is 12.4. The van der Waals surface area contributed by atoms with E-state index >= 15 is 0 Å². The number of ether oxygens (including phenoxy) is 1. The first kappa shape index (κ1) is 18.6. The molecule has 4 rings (SSSR count). The standard InChI is InChI=1S/C22H20N4O3/c1-14-4-9-20-23-18(11-21(27)25(20)12-14)13-29-22(28)17-5-7-19(8-6-17)26-16(3)10-15(2)24-26/h4-12H,13H2,1-3H3. The second-order valence-corrected chi connectivity index (χ2v) is 6.98. The second kappa shape index (κ2) is 7.35. The minimum Gasteiger partial charge on any atom is -0.456 e. The van der Waals surface area contributed by atoms with Gasteiger partial charge < -0.3 is 4.74 Å². The highest BCUT2D eigenvalue weighted by atomic mass is 16.5. The second-order valence-electron chi connectivity index (χ2n) is 6.98. The largest absolute Gasteiger partial charge is 0.456 e. The minimum absolute atomic E-state index is 0.0718. The molecule has 0 saturated heterocycles. The Morgan fingerprint density at radius 2 is 1.79 bits per heavy atom. The van der Waals surface area contributed by atoms with E-state index in [9.17, 15) is 9.59 Å². The summed E-state index contributed by atoms with van der Waals surface area (Å²) in [5, 5.41) is 4.43. The molecule has 0 aliphatic carbocycles. The molecule has 0 N–H and O–H groups in total. The summed E-state index contributed by atoms with van der Waals surface area (Å²) in [5.74, 6) is -0.476. The highest BCUT2D eigenvalue weighted by molar-refractivity contribution is 5.89. The topological polar surface area (TPSA) is 78.5 Å². The third kappa shape index (κ3) is 3.80. The van der Waals surface area contributed by atoms with E-state index in [1.54, 1.807) is 24.4 Å². The zero-order valence-electron chi connectivity index (χ0n) is 16.4. The monoisotopic (exact) mass is 388 g/mol. The van der Waals surface area contributed by atoms with Crippen LogP contribution in [-0.2, 0) is 11.3 Å². The van der Waals surface area contributed by atoms with Gasteiger partial charge in [-0.3, -0.25) is 9.20 Å². The first-order valence-electron chi connectivity index (χ1n) is 9.20. The van der Waals surface area contributed by atoms with Crippen LogP contribution in [0.15, 0.2) is 59.5 Å². The zero-order valence-corrected chi connectivity index (χ0v) is 16.4. The highest BCUT2D eigenvalue weighted by Crippen LogP contribution is 2.14. The summed E-state index contributed by atoms with van der Waals surface area (Å²) < 4.78 is 8.63. The van der Waals surface area contributed by atoms with Crippen LogP contribution in [0.25, 0.3) is 11.3 Å². The summed E-state index contributed by atoms with van der Waals surface area (Å²) in [6.07, 6.45) is 1.73. The number of carbonyl (C=O) groups is 1. The summed E-state index contributed by atoms with van der Waals surface area (Å²) in [6, 6.07) is 14.0. The van der Waals surface area contributed by atoms with Gasteiger partial charge in [0, 0.05) is 18.0 Å².